The van der Waals surface area contributed by atoms with E-state index in [1.807, 2.05) is 0 Å². The molecule has 0 aliphatic heterocycles. The fourth-order valence-corrected chi connectivity index (χ4v) is 2.44. The molecular weight excluding hydrogens is 304 g/mol. The molecule has 0 bridgehead atoms. The second-order valence-corrected chi connectivity index (χ2v) is 5.98. The summed E-state index contributed by atoms with van der Waals surface area (Å²) in [4.78, 5) is 23.4. The lowest BCUT2D eigenvalue weighted by Crippen LogP contribution is -2.48. The summed E-state index contributed by atoms with van der Waals surface area (Å²) >= 11 is 5.82. The zero-order valence-electron chi connectivity index (χ0n) is 12.1. The summed E-state index contributed by atoms with van der Waals surface area (Å²) in [5.41, 5.74) is 5.08. The molecule has 1 aliphatic carbocycles. The number of rotatable bonds is 6. The van der Waals surface area contributed by atoms with Crippen LogP contribution in [0.3, 0.4) is 0 Å². The van der Waals surface area contributed by atoms with Gasteiger partial charge in [0.05, 0.1) is 18.2 Å². The number of halogens is 1. The van der Waals surface area contributed by atoms with Gasteiger partial charge in [0.15, 0.2) is 0 Å². The topological polar surface area (TPSA) is 108 Å². The average Bonchev–Trinajstić information content (AvgIpc) is 3.30. The van der Waals surface area contributed by atoms with Crippen LogP contribution in [0.2, 0.25) is 5.02 Å². The third-order valence-corrected chi connectivity index (χ3v) is 3.95. The second kappa shape index (κ2) is 6.24. The van der Waals surface area contributed by atoms with Gasteiger partial charge >= 0.3 is 0 Å². The van der Waals surface area contributed by atoms with Gasteiger partial charge in [-0.15, -0.1) is 0 Å². The molecule has 0 heterocycles. The fraction of sp³-hybridized carbons (Fsp3) is 0.400. The summed E-state index contributed by atoms with van der Waals surface area (Å²) in [5.74, 6) is -0.746. The highest BCUT2D eigenvalue weighted by molar-refractivity contribution is 6.31. The summed E-state index contributed by atoms with van der Waals surface area (Å²) in [7, 11) is 0. The summed E-state index contributed by atoms with van der Waals surface area (Å²) in [6.45, 7) is 1.66. The second-order valence-electron chi connectivity index (χ2n) is 5.54. The molecule has 7 heteroatoms. The maximum atomic E-state index is 12.0. The van der Waals surface area contributed by atoms with Gasteiger partial charge in [-0.3, -0.25) is 9.59 Å². The molecule has 1 aromatic carbocycles. The largest absolute Gasteiger partial charge is 0.376 e. The van der Waals surface area contributed by atoms with Crippen LogP contribution in [0.5, 0.6) is 0 Å². The summed E-state index contributed by atoms with van der Waals surface area (Å²) < 4.78 is 0. The van der Waals surface area contributed by atoms with Crippen LogP contribution in [0, 0.1) is 17.2 Å². The van der Waals surface area contributed by atoms with E-state index in [-0.39, 0.29) is 23.9 Å². The van der Waals surface area contributed by atoms with Crippen molar-refractivity contribution in [3.63, 3.8) is 0 Å². The van der Waals surface area contributed by atoms with E-state index < -0.39 is 11.4 Å². The van der Waals surface area contributed by atoms with E-state index in [1.165, 1.54) is 6.07 Å². The Morgan fingerprint density at radius 3 is 2.73 bits per heavy atom. The van der Waals surface area contributed by atoms with Crippen molar-refractivity contribution in [3.8, 4) is 6.07 Å². The lowest BCUT2D eigenvalue weighted by molar-refractivity contribution is -0.120. The van der Waals surface area contributed by atoms with Crippen LogP contribution in [0.15, 0.2) is 18.2 Å². The maximum absolute atomic E-state index is 12.0. The highest BCUT2D eigenvalue weighted by atomic mass is 35.5. The number of amides is 2. The highest BCUT2D eigenvalue weighted by Crippen LogP contribution is 2.39. The first-order valence-corrected chi connectivity index (χ1v) is 7.29. The first-order chi connectivity index (χ1) is 10.4. The minimum atomic E-state index is -0.842. The molecule has 22 heavy (non-hydrogen) atoms. The van der Waals surface area contributed by atoms with E-state index in [2.05, 4.69) is 16.7 Å². The van der Waals surface area contributed by atoms with Gasteiger partial charge in [0, 0.05) is 10.7 Å². The molecular formula is C15H17ClN4O2. The number of nitrogens with zero attached hydrogens (tertiary/aromatic N) is 1. The number of primary amides is 1. The highest BCUT2D eigenvalue weighted by Gasteiger charge is 2.42. The number of benzene rings is 1. The lowest BCUT2D eigenvalue weighted by Gasteiger charge is -2.23. The Morgan fingerprint density at radius 1 is 1.50 bits per heavy atom. The van der Waals surface area contributed by atoms with Crippen molar-refractivity contribution in [2.75, 3.05) is 11.9 Å². The lowest BCUT2D eigenvalue weighted by atomic mass is 9.98. The molecule has 1 fully saturated rings. The van der Waals surface area contributed by atoms with Crippen molar-refractivity contribution in [2.45, 2.75) is 25.3 Å². The Bertz CT molecular complexity index is 651. The molecule has 0 unspecified atom stereocenters. The van der Waals surface area contributed by atoms with Crippen molar-refractivity contribution in [2.24, 2.45) is 11.7 Å². The van der Waals surface area contributed by atoms with E-state index in [9.17, 15) is 14.9 Å². The molecule has 0 spiro atoms. The first-order valence-electron chi connectivity index (χ1n) is 6.91. The Balaban J connectivity index is 2.00. The van der Waals surface area contributed by atoms with Gasteiger partial charge in [-0.05, 0) is 43.9 Å². The van der Waals surface area contributed by atoms with Crippen molar-refractivity contribution >= 4 is 29.1 Å². The van der Waals surface area contributed by atoms with Crippen LogP contribution in [-0.2, 0) is 4.79 Å². The molecule has 4 N–H and O–H groups in total. The van der Waals surface area contributed by atoms with Crippen LogP contribution in [0.1, 0.15) is 30.1 Å². The minimum absolute atomic E-state index is 0.0636. The summed E-state index contributed by atoms with van der Waals surface area (Å²) in [5, 5.41) is 15.2. The van der Waals surface area contributed by atoms with Gasteiger partial charge < -0.3 is 16.4 Å². The standard InChI is InChI=1S/C15H17ClN4O2/c1-15(8-17,9-2-3-9)20-13(21)7-19-12-5-4-10(16)6-11(12)14(18)22/h4-6,9,19H,2-3,7H2,1H3,(H2,18,22)(H,20,21)/t15-/m1/s1. The number of hydrogen-bond acceptors (Lipinski definition) is 4. The van der Waals surface area contributed by atoms with Crippen LogP contribution in [0.4, 0.5) is 5.69 Å². The van der Waals surface area contributed by atoms with Crippen molar-refractivity contribution < 1.29 is 9.59 Å². The maximum Gasteiger partial charge on any atom is 0.250 e. The predicted molar refractivity (Wildman–Crippen MR) is 83.3 cm³/mol. The summed E-state index contributed by atoms with van der Waals surface area (Å²) in [6.07, 6.45) is 1.89. The van der Waals surface area contributed by atoms with Gasteiger partial charge in [-0.25, -0.2) is 0 Å². The van der Waals surface area contributed by atoms with Gasteiger partial charge in [0.25, 0.3) is 5.91 Å². The zero-order chi connectivity index (χ0) is 16.3. The Kier molecular flexibility index (Phi) is 4.57. The molecule has 1 atom stereocenters. The predicted octanol–water partition coefficient (Wildman–Crippen LogP) is 1.66. The Hall–Kier alpha value is -2.26. The number of nitrogens with one attached hydrogen (secondary N) is 2. The van der Waals surface area contributed by atoms with E-state index in [0.29, 0.717) is 10.7 Å². The molecule has 2 amide bonds. The van der Waals surface area contributed by atoms with Crippen molar-refractivity contribution in [1.82, 2.24) is 5.32 Å². The first kappa shape index (κ1) is 16.1. The van der Waals surface area contributed by atoms with E-state index in [0.717, 1.165) is 12.8 Å². The number of nitrogens with two attached hydrogens (primary N) is 1. The van der Waals surface area contributed by atoms with E-state index in [4.69, 9.17) is 17.3 Å². The number of carbonyl (C=O) groups is 2. The normalized spacial score (nSPS) is 16.2. The molecule has 0 saturated heterocycles. The molecule has 1 aliphatic rings. The molecule has 0 aromatic heterocycles. The van der Waals surface area contributed by atoms with Gasteiger partial charge in [0.1, 0.15) is 5.54 Å². The van der Waals surface area contributed by atoms with Crippen LogP contribution < -0.4 is 16.4 Å². The monoisotopic (exact) mass is 320 g/mol. The number of anilines is 1. The minimum Gasteiger partial charge on any atom is -0.376 e. The Labute approximate surface area is 133 Å². The summed E-state index contributed by atoms with van der Waals surface area (Å²) in [6, 6.07) is 6.77. The quantitative estimate of drug-likeness (QED) is 0.740. The molecule has 1 aromatic rings. The third kappa shape index (κ3) is 3.68. The van der Waals surface area contributed by atoms with E-state index in [1.54, 1.807) is 19.1 Å². The molecule has 0 radical (unpaired) electrons. The third-order valence-electron chi connectivity index (χ3n) is 3.71. The van der Waals surface area contributed by atoms with Crippen LogP contribution >= 0.6 is 11.6 Å². The molecule has 2 rings (SSSR count). The van der Waals surface area contributed by atoms with Crippen molar-refractivity contribution in [3.05, 3.63) is 28.8 Å². The van der Waals surface area contributed by atoms with Crippen molar-refractivity contribution in [1.29, 1.82) is 5.26 Å². The fourth-order valence-electron chi connectivity index (χ4n) is 2.27. The Morgan fingerprint density at radius 2 is 2.18 bits per heavy atom. The van der Waals surface area contributed by atoms with Gasteiger partial charge in [0.2, 0.25) is 5.91 Å². The SMILES string of the molecule is C[C@](C#N)(NC(=O)CNc1ccc(Cl)cc1C(N)=O)C1CC1. The van der Waals surface area contributed by atoms with E-state index >= 15 is 0 Å². The number of hydrogen-bond donors (Lipinski definition) is 3. The van der Waals surface area contributed by atoms with Gasteiger partial charge in [-0.2, -0.15) is 5.26 Å². The average molecular weight is 321 g/mol. The van der Waals surface area contributed by atoms with Gasteiger partial charge in [-0.1, -0.05) is 11.6 Å². The molecule has 6 nitrogen and oxygen atoms in total. The number of carbonyl (C=O) groups excluding carboxylic acids is 2. The zero-order valence-corrected chi connectivity index (χ0v) is 12.9. The van der Waals surface area contributed by atoms with Crippen LogP contribution in [0.25, 0.3) is 0 Å². The smallest absolute Gasteiger partial charge is 0.250 e. The molecule has 116 valence electrons. The van der Waals surface area contributed by atoms with Crippen LogP contribution in [-0.4, -0.2) is 23.9 Å². The molecule has 1 saturated carbocycles. The number of nitriles is 1.